The van der Waals surface area contributed by atoms with E-state index < -0.39 is 0 Å². The van der Waals surface area contributed by atoms with Crippen LogP contribution in [-0.2, 0) is 16.0 Å². The maximum absolute atomic E-state index is 11.9. The minimum atomic E-state index is -0.270. The maximum atomic E-state index is 11.9. The van der Waals surface area contributed by atoms with E-state index in [-0.39, 0.29) is 18.0 Å². The molecular formula is C12H16N2O2. The zero-order chi connectivity index (χ0) is 11.4. The van der Waals surface area contributed by atoms with Crippen LogP contribution in [0.5, 0.6) is 0 Å². The van der Waals surface area contributed by atoms with E-state index >= 15 is 0 Å². The summed E-state index contributed by atoms with van der Waals surface area (Å²) in [6.45, 7) is 0.497. The number of nitrogens with zero attached hydrogens (tertiary/aromatic N) is 1. The van der Waals surface area contributed by atoms with Crippen LogP contribution in [0.3, 0.4) is 0 Å². The third kappa shape index (κ3) is 2.65. The minimum absolute atomic E-state index is 0.0582. The Labute approximate surface area is 94.8 Å². The molecule has 2 heterocycles. The summed E-state index contributed by atoms with van der Waals surface area (Å²) in [4.78, 5) is 15.9. The van der Waals surface area contributed by atoms with Gasteiger partial charge in [0.05, 0.1) is 6.10 Å². The molecule has 2 N–H and O–H groups in total. The molecule has 0 amide bonds. The maximum Gasteiger partial charge on any atom is 0.165 e. The molecule has 4 nitrogen and oxygen atoms in total. The van der Waals surface area contributed by atoms with E-state index in [2.05, 4.69) is 4.98 Å². The number of ether oxygens (including phenoxy) is 1. The normalized spacial score (nSPS) is 24.6. The van der Waals surface area contributed by atoms with Crippen molar-refractivity contribution < 1.29 is 9.53 Å². The lowest BCUT2D eigenvalue weighted by Crippen LogP contribution is -2.26. The predicted molar refractivity (Wildman–Crippen MR) is 59.9 cm³/mol. The summed E-state index contributed by atoms with van der Waals surface area (Å²) in [5.41, 5.74) is 6.44. The molecule has 1 aliphatic heterocycles. The molecule has 0 aliphatic carbocycles. The molecule has 1 aromatic heterocycles. The third-order valence-electron chi connectivity index (χ3n) is 2.83. The molecule has 0 bridgehead atoms. The first-order valence-corrected chi connectivity index (χ1v) is 5.56. The molecule has 4 heteroatoms. The van der Waals surface area contributed by atoms with Crippen LogP contribution in [0.1, 0.15) is 18.4 Å². The summed E-state index contributed by atoms with van der Waals surface area (Å²) >= 11 is 0. The second-order valence-electron chi connectivity index (χ2n) is 4.06. The van der Waals surface area contributed by atoms with Gasteiger partial charge in [-0.1, -0.05) is 6.07 Å². The van der Waals surface area contributed by atoms with Crippen molar-refractivity contribution in [1.82, 2.24) is 4.98 Å². The number of hydrogen-bond acceptors (Lipinski definition) is 4. The Hall–Kier alpha value is -1.26. The van der Waals surface area contributed by atoms with Gasteiger partial charge in [0.15, 0.2) is 5.78 Å². The zero-order valence-corrected chi connectivity index (χ0v) is 9.13. The van der Waals surface area contributed by atoms with Gasteiger partial charge in [0.2, 0.25) is 0 Å². The third-order valence-corrected chi connectivity index (χ3v) is 2.83. The van der Waals surface area contributed by atoms with E-state index in [1.54, 1.807) is 12.4 Å². The highest BCUT2D eigenvalue weighted by Crippen LogP contribution is 2.20. The number of carbonyl (C=O) groups excluding carboxylic acids is 1. The Kier molecular flexibility index (Phi) is 3.64. The smallest absolute Gasteiger partial charge is 0.165 e. The van der Waals surface area contributed by atoms with E-state index in [1.807, 2.05) is 12.1 Å². The van der Waals surface area contributed by atoms with Gasteiger partial charge >= 0.3 is 0 Å². The average Bonchev–Trinajstić information content (AvgIpc) is 2.79. The summed E-state index contributed by atoms with van der Waals surface area (Å²) in [5, 5.41) is 0. The molecule has 0 radical (unpaired) electrons. The predicted octanol–water partition coefficient (Wildman–Crippen LogP) is 0.699. The van der Waals surface area contributed by atoms with Gasteiger partial charge in [0.1, 0.15) is 6.10 Å². The van der Waals surface area contributed by atoms with Gasteiger partial charge in [-0.15, -0.1) is 0 Å². The van der Waals surface area contributed by atoms with Crippen molar-refractivity contribution in [3.8, 4) is 0 Å². The molecular weight excluding hydrogens is 204 g/mol. The lowest BCUT2D eigenvalue weighted by molar-refractivity contribution is -0.128. The van der Waals surface area contributed by atoms with Crippen molar-refractivity contribution in [2.75, 3.05) is 6.54 Å². The van der Waals surface area contributed by atoms with Gasteiger partial charge in [-0.2, -0.15) is 0 Å². The number of carbonyl (C=O) groups is 1. The monoisotopic (exact) mass is 220 g/mol. The highest BCUT2D eigenvalue weighted by Gasteiger charge is 2.29. The zero-order valence-electron chi connectivity index (χ0n) is 9.13. The van der Waals surface area contributed by atoms with Crippen molar-refractivity contribution in [3.63, 3.8) is 0 Å². The molecule has 1 aliphatic rings. The van der Waals surface area contributed by atoms with Crippen molar-refractivity contribution in [3.05, 3.63) is 30.1 Å². The molecule has 0 aromatic carbocycles. The Morgan fingerprint density at radius 2 is 2.44 bits per heavy atom. The number of pyridine rings is 1. The molecule has 1 fully saturated rings. The second kappa shape index (κ2) is 5.18. The van der Waals surface area contributed by atoms with Crippen LogP contribution in [0, 0.1) is 0 Å². The average molecular weight is 220 g/mol. The molecule has 2 atom stereocenters. The molecule has 16 heavy (non-hydrogen) atoms. The van der Waals surface area contributed by atoms with E-state index in [0.29, 0.717) is 13.0 Å². The van der Waals surface area contributed by atoms with Gasteiger partial charge in [0.25, 0.3) is 0 Å². The summed E-state index contributed by atoms with van der Waals surface area (Å²) in [7, 11) is 0. The van der Waals surface area contributed by atoms with E-state index in [4.69, 9.17) is 10.5 Å². The Bertz CT molecular complexity index is 353. The van der Waals surface area contributed by atoms with Crippen LogP contribution in [0.25, 0.3) is 0 Å². The summed E-state index contributed by atoms with van der Waals surface area (Å²) in [5.74, 6) is 0.129. The quantitative estimate of drug-likeness (QED) is 0.811. The lowest BCUT2D eigenvalue weighted by atomic mass is 10.0. The number of nitrogens with two attached hydrogens (primary N) is 1. The van der Waals surface area contributed by atoms with Gasteiger partial charge in [-0.3, -0.25) is 9.78 Å². The van der Waals surface area contributed by atoms with Crippen LogP contribution in [0.15, 0.2) is 24.5 Å². The van der Waals surface area contributed by atoms with Crippen molar-refractivity contribution in [2.24, 2.45) is 5.73 Å². The fourth-order valence-corrected chi connectivity index (χ4v) is 1.93. The standard InChI is InChI=1S/C12H16N2O2/c13-7-10-3-4-12(16-10)11(15)6-9-2-1-5-14-8-9/h1-2,5,8,10,12H,3-4,6-7,13H2. The molecule has 1 aromatic rings. The number of rotatable bonds is 4. The molecule has 2 rings (SSSR count). The van der Waals surface area contributed by atoms with Crippen LogP contribution >= 0.6 is 0 Å². The first kappa shape index (κ1) is 11.2. The second-order valence-corrected chi connectivity index (χ2v) is 4.06. The Morgan fingerprint density at radius 3 is 3.06 bits per heavy atom. The first-order chi connectivity index (χ1) is 7.79. The molecule has 1 saturated heterocycles. The largest absolute Gasteiger partial charge is 0.366 e. The fourth-order valence-electron chi connectivity index (χ4n) is 1.93. The number of hydrogen-bond donors (Lipinski definition) is 1. The minimum Gasteiger partial charge on any atom is -0.366 e. The summed E-state index contributed by atoms with van der Waals surface area (Å²) in [6, 6.07) is 3.74. The van der Waals surface area contributed by atoms with Gasteiger partial charge in [0, 0.05) is 25.4 Å². The van der Waals surface area contributed by atoms with Crippen molar-refractivity contribution in [2.45, 2.75) is 31.5 Å². The van der Waals surface area contributed by atoms with Gasteiger partial charge < -0.3 is 10.5 Å². The Morgan fingerprint density at radius 1 is 1.56 bits per heavy atom. The van der Waals surface area contributed by atoms with Crippen LogP contribution in [0.4, 0.5) is 0 Å². The summed E-state index contributed by atoms with van der Waals surface area (Å²) in [6.07, 6.45) is 5.28. The number of ketones is 1. The van der Waals surface area contributed by atoms with Crippen molar-refractivity contribution in [1.29, 1.82) is 0 Å². The highest BCUT2D eigenvalue weighted by atomic mass is 16.5. The van der Waals surface area contributed by atoms with E-state index in [0.717, 1.165) is 18.4 Å². The Balaban J connectivity index is 1.90. The van der Waals surface area contributed by atoms with Crippen LogP contribution in [0.2, 0.25) is 0 Å². The van der Waals surface area contributed by atoms with Crippen molar-refractivity contribution >= 4 is 5.78 Å². The molecule has 86 valence electrons. The fraction of sp³-hybridized carbons (Fsp3) is 0.500. The number of aromatic nitrogens is 1. The van der Waals surface area contributed by atoms with E-state index in [1.165, 1.54) is 0 Å². The molecule has 2 unspecified atom stereocenters. The highest BCUT2D eigenvalue weighted by molar-refractivity contribution is 5.85. The molecule has 0 saturated carbocycles. The van der Waals surface area contributed by atoms with Gasteiger partial charge in [-0.05, 0) is 24.5 Å². The van der Waals surface area contributed by atoms with E-state index in [9.17, 15) is 4.79 Å². The topological polar surface area (TPSA) is 65.2 Å². The van der Waals surface area contributed by atoms with Gasteiger partial charge in [-0.25, -0.2) is 0 Å². The van der Waals surface area contributed by atoms with Crippen LogP contribution < -0.4 is 5.73 Å². The number of Topliss-reactive ketones (excluding diaryl/α,β-unsaturated/α-hetero) is 1. The lowest BCUT2D eigenvalue weighted by Gasteiger charge is -2.10. The first-order valence-electron chi connectivity index (χ1n) is 5.56. The molecule has 0 spiro atoms. The van der Waals surface area contributed by atoms with Crippen LogP contribution in [-0.4, -0.2) is 29.5 Å². The summed E-state index contributed by atoms with van der Waals surface area (Å²) < 4.78 is 5.55. The SMILES string of the molecule is NCC1CCC(C(=O)Cc2cccnc2)O1.